The molecule has 4 nitrogen and oxygen atoms in total. The first-order chi connectivity index (χ1) is 9.99. The fraction of sp³-hybridized carbons (Fsp3) is 0.500. The van der Waals surface area contributed by atoms with Crippen LogP contribution < -0.4 is 5.32 Å². The van der Waals surface area contributed by atoms with E-state index >= 15 is 0 Å². The molecule has 0 heterocycles. The molecule has 1 saturated carbocycles. The maximum absolute atomic E-state index is 13.4. The monoisotopic (exact) mass is 293 g/mol. The van der Waals surface area contributed by atoms with Gasteiger partial charge < -0.3 is 10.4 Å². The molecule has 1 aliphatic carbocycles. The molecule has 114 valence electrons. The van der Waals surface area contributed by atoms with Gasteiger partial charge >= 0.3 is 5.97 Å². The number of hydrogen-bond donors (Lipinski definition) is 2. The molecule has 2 unspecified atom stereocenters. The van der Waals surface area contributed by atoms with Crippen molar-refractivity contribution >= 4 is 11.9 Å². The first-order valence-electron chi connectivity index (χ1n) is 7.26. The molecule has 2 rings (SSSR count). The third kappa shape index (κ3) is 3.80. The molecule has 0 radical (unpaired) electrons. The number of amides is 1. The lowest BCUT2D eigenvalue weighted by Gasteiger charge is -2.28. The minimum Gasteiger partial charge on any atom is -0.481 e. The van der Waals surface area contributed by atoms with Gasteiger partial charge in [-0.15, -0.1) is 0 Å². The standard InChI is InChI=1S/C16H20FNO3/c1-10-6-7-11(8-14(10)17)15(19)18-9-12-4-2-3-5-13(12)16(20)21/h6-8,12-13H,2-5,9H2,1H3,(H,18,19)(H,20,21). The number of benzene rings is 1. The van der Waals surface area contributed by atoms with Gasteiger partial charge in [0.2, 0.25) is 0 Å². The number of carbonyl (C=O) groups is 2. The minimum atomic E-state index is -0.796. The van der Waals surface area contributed by atoms with Gasteiger partial charge in [-0.25, -0.2) is 4.39 Å². The van der Waals surface area contributed by atoms with Crippen molar-refractivity contribution in [2.45, 2.75) is 32.6 Å². The predicted octanol–water partition coefficient (Wildman–Crippen LogP) is 2.75. The lowest BCUT2D eigenvalue weighted by molar-refractivity contribution is -0.144. The number of aliphatic carboxylic acids is 1. The molecule has 0 bridgehead atoms. The van der Waals surface area contributed by atoms with Crippen LogP contribution in [0.1, 0.15) is 41.6 Å². The molecular weight excluding hydrogens is 273 g/mol. The predicted molar refractivity (Wildman–Crippen MR) is 76.6 cm³/mol. The first kappa shape index (κ1) is 15.5. The molecule has 2 atom stereocenters. The van der Waals surface area contributed by atoms with Crippen LogP contribution in [0.2, 0.25) is 0 Å². The number of carboxylic acids is 1. The van der Waals surface area contributed by atoms with E-state index in [4.69, 9.17) is 0 Å². The van der Waals surface area contributed by atoms with Crippen molar-refractivity contribution in [2.75, 3.05) is 6.54 Å². The Morgan fingerprint density at radius 1 is 1.33 bits per heavy atom. The number of hydrogen-bond acceptors (Lipinski definition) is 2. The average Bonchev–Trinajstić information content (AvgIpc) is 2.47. The zero-order valence-electron chi connectivity index (χ0n) is 12.1. The third-order valence-electron chi connectivity index (χ3n) is 4.19. The smallest absolute Gasteiger partial charge is 0.306 e. The zero-order valence-corrected chi connectivity index (χ0v) is 12.1. The van der Waals surface area contributed by atoms with E-state index in [1.807, 2.05) is 0 Å². The van der Waals surface area contributed by atoms with Crippen molar-refractivity contribution in [2.24, 2.45) is 11.8 Å². The number of carbonyl (C=O) groups excluding carboxylic acids is 1. The highest BCUT2D eigenvalue weighted by molar-refractivity contribution is 5.94. The van der Waals surface area contributed by atoms with Gasteiger partial charge in [0.25, 0.3) is 5.91 Å². The average molecular weight is 293 g/mol. The molecule has 1 aromatic rings. The van der Waals surface area contributed by atoms with Crippen LogP contribution in [0.25, 0.3) is 0 Å². The van der Waals surface area contributed by atoms with Crippen molar-refractivity contribution in [1.29, 1.82) is 0 Å². The summed E-state index contributed by atoms with van der Waals surface area (Å²) in [7, 11) is 0. The molecule has 0 spiro atoms. The number of halogens is 1. The summed E-state index contributed by atoms with van der Waals surface area (Å²) in [6, 6.07) is 4.34. The normalized spacial score (nSPS) is 21.8. The van der Waals surface area contributed by atoms with Crippen LogP contribution in [0.5, 0.6) is 0 Å². The van der Waals surface area contributed by atoms with Crippen molar-refractivity contribution in [1.82, 2.24) is 5.32 Å². The zero-order chi connectivity index (χ0) is 15.4. The fourth-order valence-electron chi connectivity index (χ4n) is 2.84. The van der Waals surface area contributed by atoms with Crippen LogP contribution in [-0.2, 0) is 4.79 Å². The fourth-order valence-corrected chi connectivity index (χ4v) is 2.84. The van der Waals surface area contributed by atoms with Gasteiger partial charge in [0.1, 0.15) is 5.82 Å². The number of carboxylic acid groups (broad SMARTS) is 1. The summed E-state index contributed by atoms with van der Waals surface area (Å²) in [5.74, 6) is -2.01. The Kier molecular flexibility index (Phi) is 4.94. The molecule has 5 heteroatoms. The summed E-state index contributed by atoms with van der Waals surface area (Å²) in [6.45, 7) is 1.96. The summed E-state index contributed by atoms with van der Waals surface area (Å²) in [5, 5.41) is 11.9. The van der Waals surface area contributed by atoms with Crippen LogP contribution in [0, 0.1) is 24.6 Å². The molecule has 1 aliphatic rings. The highest BCUT2D eigenvalue weighted by atomic mass is 19.1. The van der Waals surface area contributed by atoms with Gasteiger partial charge in [-0.1, -0.05) is 18.9 Å². The van der Waals surface area contributed by atoms with Gasteiger partial charge in [0.05, 0.1) is 5.92 Å². The van der Waals surface area contributed by atoms with Gasteiger partial charge in [0, 0.05) is 12.1 Å². The van der Waals surface area contributed by atoms with E-state index in [9.17, 15) is 19.1 Å². The molecule has 0 saturated heterocycles. The molecule has 0 aliphatic heterocycles. The van der Waals surface area contributed by atoms with Crippen LogP contribution >= 0.6 is 0 Å². The number of nitrogens with one attached hydrogen (secondary N) is 1. The van der Waals surface area contributed by atoms with E-state index in [1.165, 1.54) is 6.07 Å². The summed E-state index contributed by atoms with van der Waals surface area (Å²) in [5.41, 5.74) is 0.755. The van der Waals surface area contributed by atoms with E-state index in [0.717, 1.165) is 19.3 Å². The first-order valence-corrected chi connectivity index (χ1v) is 7.26. The number of rotatable bonds is 4. The third-order valence-corrected chi connectivity index (χ3v) is 4.19. The Morgan fingerprint density at radius 3 is 2.71 bits per heavy atom. The Morgan fingerprint density at radius 2 is 2.05 bits per heavy atom. The second-order valence-electron chi connectivity index (χ2n) is 5.66. The minimum absolute atomic E-state index is 0.0458. The number of aryl methyl sites for hydroxylation is 1. The molecule has 1 aromatic carbocycles. The molecule has 2 N–H and O–H groups in total. The molecule has 0 aromatic heterocycles. The van der Waals surface area contributed by atoms with E-state index in [-0.39, 0.29) is 17.4 Å². The Labute approximate surface area is 123 Å². The lowest BCUT2D eigenvalue weighted by atomic mass is 9.79. The van der Waals surface area contributed by atoms with E-state index in [1.54, 1.807) is 19.1 Å². The van der Waals surface area contributed by atoms with E-state index in [2.05, 4.69) is 5.32 Å². The van der Waals surface area contributed by atoms with Crippen LogP contribution in [-0.4, -0.2) is 23.5 Å². The summed E-state index contributed by atoms with van der Waals surface area (Å²) >= 11 is 0. The van der Waals surface area contributed by atoms with Crippen molar-refractivity contribution in [3.05, 3.63) is 35.1 Å². The highest BCUT2D eigenvalue weighted by Gasteiger charge is 2.30. The Balaban J connectivity index is 1.96. The van der Waals surface area contributed by atoms with Gasteiger partial charge in [-0.2, -0.15) is 0 Å². The summed E-state index contributed by atoms with van der Waals surface area (Å²) in [4.78, 5) is 23.2. The van der Waals surface area contributed by atoms with Crippen LogP contribution in [0.4, 0.5) is 4.39 Å². The quantitative estimate of drug-likeness (QED) is 0.897. The molecule has 21 heavy (non-hydrogen) atoms. The maximum Gasteiger partial charge on any atom is 0.306 e. The van der Waals surface area contributed by atoms with Crippen molar-refractivity contribution in [3.63, 3.8) is 0 Å². The van der Waals surface area contributed by atoms with E-state index in [0.29, 0.717) is 18.5 Å². The molecular formula is C16H20FNO3. The van der Waals surface area contributed by atoms with Crippen LogP contribution in [0.3, 0.4) is 0 Å². The highest BCUT2D eigenvalue weighted by Crippen LogP contribution is 2.29. The van der Waals surface area contributed by atoms with Crippen molar-refractivity contribution < 1.29 is 19.1 Å². The lowest BCUT2D eigenvalue weighted by Crippen LogP contribution is -2.37. The summed E-state index contributed by atoms with van der Waals surface area (Å²) in [6.07, 6.45) is 3.38. The second kappa shape index (κ2) is 6.70. The van der Waals surface area contributed by atoms with E-state index < -0.39 is 17.7 Å². The van der Waals surface area contributed by atoms with Crippen molar-refractivity contribution in [3.8, 4) is 0 Å². The maximum atomic E-state index is 13.4. The topological polar surface area (TPSA) is 66.4 Å². The molecule has 1 amide bonds. The van der Waals surface area contributed by atoms with Gasteiger partial charge in [0.15, 0.2) is 0 Å². The van der Waals surface area contributed by atoms with Gasteiger partial charge in [-0.05, 0) is 43.4 Å². The molecule has 1 fully saturated rings. The summed E-state index contributed by atoms with van der Waals surface area (Å²) < 4.78 is 13.4. The van der Waals surface area contributed by atoms with Crippen LogP contribution in [0.15, 0.2) is 18.2 Å². The Bertz CT molecular complexity index is 544. The second-order valence-corrected chi connectivity index (χ2v) is 5.66. The van der Waals surface area contributed by atoms with Gasteiger partial charge in [-0.3, -0.25) is 9.59 Å². The largest absolute Gasteiger partial charge is 0.481 e. The Hall–Kier alpha value is -1.91. The SMILES string of the molecule is Cc1ccc(C(=O)NCC2CCCCC2C(=O)O)cc1F.